The molecule has 9 unspecified atom stereocenters. The second-order valence-electron chi connectivity index (χ2n) is 15.1. The molecular weight excluding hydrogens is 528 g/mol. The maximum Gasteiger partial charge on any atom is 0.338 e. The van der Waals surface area contributed by atoms with E-state index in [0.717, 1.165) is 38.5 Å². The van der Waals surface area contributed by atoms with Gasteiger partial charge in [-0.2, -0.15) is 0 Å². The van der Waals surface area contributed by atoms with Crippen molar-refractivity contribution in [2.24, 2.45) is 51.8 Å². The minimum Gasteiger partial charge on any atom is -0.461 e. The molecule has 3 saturated carbocycles. The summed E-state index contributed by atoms with van der Waals surface area (Å²) >= 11 is 0. The van der Waals surface area contributed by atoms with Gasteiger partial charge in [0.25, 0.3) is 0 Å². The Balaban J connectivity index is 1.08. The fourth-order valence-corrected chi connectivity index (χ4v) is 9.00. The zero-order valence-electron chi connectivity index (χ0n) is 25.0. The summed E-state index contributed by atoms with van der Waals surface area (Å²) in [6.07, 6.45) is 19.8. The topological polar surface area (TPSA) is 78.9 Å². The normalized spacial score (nSPS) is 39.8. The zero-order chi connectivity index (χ0) is 29.3. The first-order valence-electron chi connectivity index (χ1n) is 15.7. The van der Waals surface area contributed by atoms with Crippen LogP contribution in [0.5, 0.6) is 0 Å². The Labute approximate surface area is 248 Å². The summed E-state index contributed by atoms with van der Waals surface area (Å²) in [6.45, 7) is 7.41. The Morgan fingerprint density at radius 1 is 0.548 bits per heavy atom. The maximum atomic E-state index is 13.3. The third-order valence-corrected chi connectivity index (χ3v) is 11.6. The zero-order valence-corrected chi connectivity index (χ0v) is 25.0. The van der Waals surface area contributed by atoms with Crippen LogP contribution in [0.1, 0.15) is 90.4 Å². The molecule has 0 radical (unpaired) electrons. The standard InChI is InChI=1S/C36H42O6/c1-34(16-22-4-7-28(34)10-22)19-40-31(37)25-13-26(32(38)41-20-35(2)17-23-5-8-29(35)11-23)15-27(14-25)33(39)42-21-36(3)18-24-6-9-30(36)12-24/h4-9,13-15,22-24,28-30H,10-12,16-21H2,1-3H3. The fraction of sp³-hybridized carbons (Fsp3) is 0.583. The van der Waals surface area contributed by atoms with Crippen molar-refractivity contribution in [2.75, 3.05) is 19.8 Å². The minimum absolute atomic E-state index is 0.0948. The van der Waals surface area contributed by atoms with Crippen molar-refractivity contribution in [3.05, 3.63) is 71.3 Å². The van der Waals surface area contributed by atoms with Crippen molar-refractivity contribution in [1.82, 2.24) is 0 Å². The molecule has 6 aliphatic carbocycles. The molecule has 222 valence electrons. The Kier molecular flexibility index (Phi) is 6.56. The molecule has 9 atom stereocenters. The molecule has 0 N–H and O–H groups in total. The summed E-state index contributed by atoms with van der Waals surface area (Å²) in [5.41, 5.74) is 0.221. The van der Waals surface area contributed by atoms with E-state index < -0.39 is 17.9 Å². The number of allylic oxidation sites excluding steroid dienone is 6. The van der Waals surface area contributed by atoms with Gasteiger partial charge in [0.15, 0.2) is 0 Å². The number of rotatable bonds is 9. The lowest BCUT2D eigenvalue weighted by atomic mass is 9.78. The highest BCUT2D eigenvalue weighted by Gasteiger charge is 2.48. The third-order valence-electron chi connectivity index (χ3n) is 11.6. The van der Waals surface area contributed by atoms with Gasteiger partial charge >= 0.3 is 17.9 Å². The van der Waals surface area contributed by atoms with Crippen LogP contribution >= 0.6 is 0 Å². The molecule has 7 rings (SSSR count). The molecule has 1 aromatic rings. The van der Waals surface area contributed by atoms with Crippen molar-refractivity contribution < 1.29 is 28.6 Å². The van der Waals surface area contributed by atoms with E-state index in [9.17, 15) is 14.4 Å². The van der Waals surface area contributed by atoms with E-state index >= 15 is 0 Å². The summed E-state index contributed by atoms with van der Waals surface area (Å²) in [5, 5.41) is 0. The Morgan fingerprint density at radius 3 is 1.05 bits per heavy atom. The highest BCUT2D eigenvalue weighted by Crippen LogP contribution is 2.54. The minimum atomic E-state index is -0.540. The first-order chi connectivity index (χ1) is 20.0. The number of hydrogen-bond donors (Lipinski definition) is 0. The first kappa shape index (κ1) is 27.7. The van der Waals surface area contributed by atoms with E-state index in [1.807, 2.05) is 0 Å². The van der Waals surface area contributed by atoms with Crippen LogP contribution in [0.4, 0.5) is 0 Å². The van der Waals surface area contributed by atoms with Crippen molar-refractivity contribution >= 4 is 17.9 Å². The predicted octanol–water partition coefficient (Wildman–Crippen LogP) is 6.96. The lowest BCUT2D eigenvalue weighted by Crippen LogP contribution is -2.30. The van der Waals surface area contributed by atoms with Gasteiger partial charge in [-0.05, 0) is 92.2 Å². The summed E-state index contributed by atoms with van der Waals surface area (Å²) < 4.78 is 17.5. The van der Waals surface area contributed by atoms with Gasteiger partial charge in [-0.25, -0.2) is 14.4 Å². The number of hydrogen-bond acceptors (Lipinski definition) is 6. The van der Waals surface area contributed by atoms with Gasteiger partial charge in [-0.1, -0.05) is 57.2 Å². The molecule has 0 aromatic heterocycles. The van der Waals surface area contributed by atoms with Gasteiger partial charge in [0, 0.05) is 16.2 Å². The van der Waals surface area contributed by atoms with Crippen molar-refractivity contribution in [1.29, 1.82) is 0 Å². The van der Waals surface area contributed by atoms with Gasteiger partial charge in [0.05, 0.1) is 36.5 Å². The van der Waals surface area contributed by atoms with Crippen LogP contribution in [-0.2, 0) is 14.2 Å². The van der Waals surface area contributed by atoms with Gasteiger partial charge in [0.1, 0.15) is 0 Å². The smallest absolute Gasteiger partial charge is 0.338 e. The molecule has 0 heterocycles. The summed E-state index contributed by atoms with van der Waals surface area (Å²) in [7, 11) is 0. The Hall–Kier alpha value is -3.15. The van der Waals surface area contributed by atoms with Gasteiger partial charge in [0.2, 0.25) is 0 Å². The molecule has 42 heavy (non-hydrogen) atoms. The number of carbonyl (C=O) groups excluding carboxylic acids is 3. The van der Waals surface area contributed by atoms with Gasteiger partial charge < -0.3 is 14.2 Å². The molecule has 6 bridgehead atoms. The second-order valence-corrected chi connectivity index (χ2v) is 15.1. The first-order valence-corrected chi connectivity index (χ1v) is 15.7. The van der Waals surface area contributed by atoms with E-state index in [-0.39, 0.29) is 32.9 Å². The molecule has 6 nitrogen and oxygen atoms in total. The van der Waals surface area contributed by atoms with Crippen LogP contribution in [0.25, 0.3) is 0 Å². The second kappa shape index (κ2) is 9.96. The molecule has 0 saturated heterocycles. The number of benzene rings is 1. The number of fused-ring (bicyclic) bond motifs is 6. The summed E-state index contributed by atoms with van der Waals surface area (Å²) in [6, 6.07) is 4.49. The van der Waals surface area contributed by atoms with Crippen molar-refractivity contribution in [2.45, 2.75) is 59.3 Å². The van der Waals surface area contributed by atoms with Crippen LogP contribution < -0.4 is 0 Å². The molecule has 0 aliphatic heterocycles. The average molecular weight is 571 g/mol. The van der Waals surface area contributed by atoms with Crippen LogP contribution in [0.3, 0.4) is 0 Å². The van der Waals surface area contributed by atoms with Crippen LogP contribution in [0.15, 0.2) is 54.7 Å². The molecule has 3 fully saturated rings. The summed E-state index contributed by atoms with van der Waals surface area (Å²) in [5.74, 6) is 1.27. The number of carbonyl (C=O) groups is 3. The quantitative estimate of drug-likeness (QED) is 0.181. The van der Waals surface area contributed by atoms with Gasteiger partial charge in [-0.15, -0.1) is 0 Å². The predicted molar refractivity (Wildman–Crippen MR) is 158 cm³/mol. The van der Waals surface area contributed by atoms with Crippen molar-refractivity contribution in [3.8, 4) is 0 Å². The Morgan fingerprint density at radius 2 is 0.833 bits per heavy atom. The largest absolute Gasteiger partial charge is 0.461 e. The number of ether oxygens (including phenoxy) is 3. The lowest BCUT2D eigenvalue weighted by molar-refractivity contribution is 0.0250. The third kappa shape index (κ3) is 4.85. The average Bonchev–Trinajstić information content (AvgIpc) is 3.82. The molecule has 6 aliphatic rings. The van der Waals surface area contributed by atoms with Gasteiger partial charge in [-0.3, -0.25) is 0 Å². The van der Waals surface area contributed by atoms with E-state index in [4.69, 9.17) is 14.2 Å². The Bertz CT molecular complexity index is 1230. The van der Waals surface area contributed by atoms with Crippen LogP contribution in [-0.4, -0.2) is 37.7 Å². The van der Waals surface area contributed by atoms with Crippen LogP contribution in [0, 0.1) is 51.8 Å². The lowest BCUT2D eigenvalue weighted by Gasteiger charge is -2.31. The van der Waals surface area contributed by atoms with E-state index in [1.54, 1.807) is 0 Å². The molecular formula is C36H42O6. The summed E-state index contributed by atoms with van der Waals surface area (Å²) in [4.78, 5) is 40.0. The monoisotopic (exact) mass is 570 g/mol. The van der Waals surface area contributed by atoms with E-state index in [1.165, 1.54) is 18.2 Å². The number of esters is 3. The molecule has 6 heteroatoms. The van der Waals surface area contributed by atoms with Crippen LogP contribution in [0.2, 0.25) is 0 Å². The highest BCUT2D eigenvalue weighted by atomic mass is 16.5. The molecule has 0 amide bonds. The highest BCUT2D eigenvalue weighted by molar-refractivity contribution is 6.00. The molecule has 1 aromatic carbocycles. The SMILES string of the molecule is CC1(COC(=O)c2cc(C(=O)OCC3(C)CC4C=CC3C4)cc(C(=O)OCC3(C)CC4C=CC3C4)c2)CC2C=CC1C2. The van der Waals surface area contributed by atoms with Crippen molar-refractivity contribution in [3.63, 3.8) is 0 Å². The molecule has 0 spiro atoms. The fourth-order valence-electron chi connectivity index (χ4n) is 9.00. The van der Waals surface area contributed by atoms with E-state index in [2.05, 4.69) is 57.2 Å². The van der Waals surface area contributed by atoms with E-state index in [0.29, 0.717) is 55.3 Å². The maximum absolute atomic E-state index is 13.3.